The maximum atomic E-state index is 5.42. The number of benzene rings is 4. The number of aryl methyl sites for hydroxylation is 1. The van der Waals surface area contributed by atoms with E-state index in [0.29, 0.717) is 5.82 Å². The van der Waals surface area contributed by atoms with Crippen molar-refractivity contribution in [3.63, 3.8) is 0 Å². The summed E-state index contributed by atoms with van der Waals surface area (Å²) >= 11 is 0. The Morgan fingerprint density at radius 3 is 1.82 bits per heavy atom. The van der Waals surface area contributed by atoms with Gasteiger partial charge in [-0.2, -0.15) is 0 Å². The minimum Gasteiger partial charge on any atom is -0.253 e. The first-order chi connectivity index (χ1) is 22.3. The highest BCUT2D eigenvalue weighted by atomic mass is 14.9. The fourth-order valence-electron chi connectivity index (χ4n) is 6.04. The van der Waals surface area contributed by atoms with Gasteiger partial charge in [0, 0.05) is 22.7 Å². The molecule has 0 N–H and O–H groups in total. The van der Waals surface area contributed by atoms with Crippen molar-refractivity contribution in [2.75, 3.05) is 0 Å². The van der Waals surface area contributed by atoms with Crippen LogP contribution in [0.2, 0.25) is 0 Å². The molecule has 0 bridgehead atoms. The van der Waals surface area contributed by atoms with Gasteiger partial charge in [0.2, 0.25) is 0 Å². The first-order valence-electron chi connectivity index (χ1n) is 15.3. The summed E-state index contributed by atoms with van der Waals surface area (Å²) in [6.45, 7) is 0. The molecule has 0 atom stereocenters. The third-order valence-electron chi connectivity index (χ3n) is 8.28. The predicted molar refractivity (Wildman–Crippen MR) is 182 cm³/mol. The second-order valence-corrected chi connectivity index (χ2v) is 11.2. The molecular weight excluding hydrogens is 550 g/mol. The molecule has 4 aromatic carbocycles. The average Bonchev–Trinajstić information content (AvgIpc) is 3.36. The summed E-state index contributed by atoms with van der Waals surface area (Å²) in [6.07, 6.45) is 4.46. The molecule has 0 unspecified atom stereocenters. The Bertz CT molecular complexity index is 2100. The molecule has 4 heterocycles. The highest BCUT2D eigenvalue weighted by molar-refractivity contribution is 6.07. The van der Waals surface area contributed by atoms with Crippen LogP contribution in [0, 0.1) is 0 Å². The summed E-state index contributed by atoms with van der Waals surface area (Å²) in [6, 6.07) is 45.7. The number of hydrogen-bond acceptors (Lipinski definition) is 5. The van der Waals surface area contributed by atoms with Crippen LogP contribution in [0.3, 0.4) is 0 Å². The third kappa shape index (κ3) is 5.30. The Labute approximate surface area is 262 Å². The summed E-state index contributed by atoms with van der Waals surface area (Å²) < 4.78 is 0. The van der Waals surface area contributed by atoms with E-state index in [4.69, 9.17) is 19.9 Å². The average molecular weight is 580 g/mol. The van der Waals surface area contributed by atoms with Crippen LogP contribution in [-0.4, -0.2) is 25.6 Å². The van der Waals surface area contributed by atoms with Crippen molar-refractivity contribution < 1.29 is 0 Å². The summed E-state index contributed by atoms with van der Waals surface area (Å²) in [5.74, 6) is 0.591. The fraction of sp³-hybridized carbons (Fsp3) is 0.0750. The van der Waals surface area contributed by atoms with Gasteiger partial charge in [0.15, 0.2) is 5.82 Å². The number of hydrogen-bond donors (Lipinski definition) is 0. The molecule has 0 amide bonds. The van der Waals surface area contributed by atoms with E-state index < -0.39 is 0 Å². The molecule has 1 aliphatic rings. The van der Waals surface area contributed by atoms with Gasteiger partial charge in [-0.1, -0.05) is 109 Å². The standard InChI is InChI=1S/C40H29N5/c1-4-13-27(14-5-1)32-25-35(28-15-6-2-7-16-28)43-39-31(32)23-22-30-19-12-21-33(42-38(30)39)37-26-36(29-17-8-3-9-18-29)44-40(45-37)34-20-10-11-24-41-34/h1-11,13-18,20,22-26H,12,19,21H2. The van der Waals surface area contributed by atoms with Gasteiger partial charge in [-0.3, -0.25) is 4.98 Å². The first-order valence-corrected chi connectivity index (χ1v) is 15.3. The molecule has 1 aliphatic heterocycles. The van der Waals surface area contributed by atoms with Gasteiger partial charge in [-0.15, -0.1) is 0 Å². The van der Waals surface area contributed by atoms with Crippen molar-refractivity contribution in [1.82, 2.24) is 19.9 Å². The van der Waals surface area contributed by atoms with E-state index in [1.54, 1.807) is 6.20 Å². The zero-order valence-corrected chi connectivity index (χ0v) is 24.6. The number of aromatic nitrogens is 4. The van der Waals surface area contributed by atoms with Gasteiger partial charge in [-0.25, -0.2) is 19.9 Å². The summed E-state index contributed by atoms with van der Waals surface area (Å²) in [5, 5.41) is 1.09. The van der Waals surface area contributed by atoms with Gasteiger partial charge >= 0.3 is 0 Å². The number of pyridine rings is 2. The van der Waals surface area contributed by atoms with Crippen LogP contribution in [0.15, 0.2) is 145 Å². The summed E-state index contributed by atoms with van der Waals surface area (Å²) in [5.41, 5.74) is 11.7. The van der Waals surface area contributed by atoms with Crippen LogP contribution in [0.25, 0.3) is 56.1 Å². The minimum absolute atomic E-state index is 0.591. The van der Waals surface area contributed by atoms with Crippen LogP contribution in [0.4, 0.5) is 5.69 Å². The lowest BCUT2D eigenvalue weighted by atomic mass is 9.95. The van der Waals surface area contributed by atoms with Crippen molar-refractivity contribution in [3.05, 3.63) is 151 Å². The van der Waals surface area contributed by atoms with Crippen LogP contribution < -0.4 is 0 Å². The van der Waals surface area contributed by atoms with Crippen molar-refractivity contribution in [1.29, 1.82) is 0 Å². The van der Waals surface area contributed by atoms with Gasteiger partial charge in [0.1, 0.15) is 5.69 Å². The number of nitrogens with zero attached hydrogens (tertiary/aromatic N) is 5. The minimum atomic E-state index is 0.591. The van der Waals surface area contributed by atoms with Crippen LogP contribution in [-0.2, 0) is 6.42 Å². The zero-order chi connectivity index (χ0) is 30.0. The molecule has 0 radical (unpaired) electrons. The Kier molecular flexibility index (Phi) is 6.97. The molecule has 3 aromatic heterocycles. The smallest absolute Gasteiger partial charge is 0.179 e. The van der Waals surface area contributed by atoms with Crippen LogP contribution >= 0.6 is 0 Å². The quantitative estimate of drug-likeness (QED) is 0.204. The molecule has 45 heavy (non-hydrogen) atoms. The van der Waals surface area contributed by atoms with E-state index in [9.17, 15) is 0 Å². The second kappa shape index (κ2) is 11.7. The summed E-state index contributed by atoms with van der Waals surface area (Å²) in [4.78, 5) is 25.3. The van der Waals surface area contributed by atoms with Gasteiger partial charge in [0.25, 0.3) is 0 Å². The Morgan fingerprint density at radius 1 is 0.489 bits per heavy atom. The molecular formula is C40H29N5. The van der Waals surface area contributed by atoms with Gasteiger partial charge in [0.05, 0.1) is 34.0 Å². The maximum absolute atomic E-state index is 5.42. The van der Waals surface area contributed by atoms with Crippen LogP contribution in [0.5, 0.6) is 0 Å². The van der Waals surface area contributed by atoms with E-state index in [1.165, 1.54) is 5.56 Å². The van der Waals surface area contributed by atoms with Crippen molar-refractivity contribution in [2.45, 2.75) is 19.3 Å². The van der Waals surface area contributed by atoms with Crippen molar-refractivity contribution in [2.24, 2.45) is 4.99 Å². The fourth-order valence-corrected chi connectivity index (χ4v) is 6.04. The van der Waals surface area contributed by atoms with Gasteiger partial charge < -0.3 is 0 Å². The third-order valence-corrected chi connectivity index (χ3v) is 8.28. The molecule has 5 nitrogen and oxygen atoms in total. The Morgan fingerprint density at radius 2 is 1.13 bits per heavy atom. The largest absolute Gasteiger partial charge is 0.253 e. The SMILES string of the molecule is c1ccc(-c2cc(C3=Nc4c(ccc5c(-c6ccccc6)cc(-c6ccccc6)nc45)CCC3)nc(-c3ccccn3)n2)cc1. The van der Waals surface area contributed by atoms with Crippen LogP contribution in [0.1, 0.15) is 24.1 Å². The lowest BCUT2D eigenvalue weighted by Gasteiger charge is -2.14. The molecule has 0 aliphatic carbocycles. The lowest BCUT2D eigenvalue weighted by Crippen LogP contribution is -2.07. The van der Waals surface area contributed by atoms with Crippen molar-refractivity contribution in [3.8, 4) is 45.2 Å². The second-order valence-electron chi connectivity index (χ2n) is 11.2. The van der Waals surface area contributed by atoms with E-state index in [0.717, 1.165) is 86.6 Å². The normalized spacial score (nSPS) is 12.8. The highest BCUT2D eigenvalue weighted by Gasteiger charge is 2.21. The predicted octanol–water partition coefficient (Wildman–Crippen LogP) is 9.54. The van der Waals surface area contributed by atoms with Crippen molar-refractivity contribution >= 4 is 22.3 Å². The topological polar surface area (TPSA) is 63.9 Å². The molecule has 8 rings (SSSR count). The van der Waals surface area contributed by atoms with E-state index in [2.05, 4.69) is 96.0 Å². The molecule has 0 saturated carbocycles. The summed E-state index contributed by atoms with van der Waals surface area (Å²) in [7, 11) is 0. The molecule has 7 aromatic rings. The number of aliphatic imine (C=N–C) groups is 1. The zero-order valence-electron chi connectivity index (χ0n) is 24.6. The Hall–Kier alpha value is -5.81. The first kappa shape index (κ1) is 26.8. The molecule has 214 valence electrons. The number of rotatable bonds is 5. The van der Waals surface area contributed by atoms with E-state index in [-0.39, 0.29) is 0 Å². The Balaban J connectivity index is 1.36. The molecule has 0 saturated heterocycles. The lowest BCUT2D eigenvalue weighted by molar-refractivity contribution is 0.876. The molecule has 0 fully saturated rings. The molecule has 0 spiro atoms. The van der Waals surface area contributed by atoms with E-state index in [1.807, 2.05) is 42.5 Å². The maximum Gasteiger partial charge on any atom is 0.179 e. The van der Waals surface area contributed by atoms with Gasteiger partial charge in [-0.05, 0) is 60.2 Å². The monoisotopic (exact) mass is 579 g/mol. The highest BCUT2D eigenvalue weighted by Crippen LogP contribution is 2.40. The molecule has 5 heteroatoms. The number of fused-ring (bicyclic) bond motifs is 3. The van der Waals surface area contributed by atoms with E-state index >= 15 is 0 Å².